The third kappa shape index (κ3) is 5.54. The molecule has 1 unspecified atom stereocenters. The summed E-state index contributed by atoms with van der Waals surface area (Å²) in [6, 6.07) is 14.3. The van der Waals surface area contributed by atoms with Crippen LogP contribution in [0.4, 0.5) is 26.3 Å². The zero-order chi connectivity index (χ0) is 29.7. The largest absolute Gasteiger partial charge is 0.430 e. The lowest BCUT2D eigenvalue weighted by Crippen LogP contribution is -2.53. The molecular weight excluding hydrogens is 598 g/mol. The fraction of sp³-hybridized carbons (Fsp3) is 0.259. The number of alkyl halides is 6. The van der Waals surface area contributed by atoms with Crippen molar-refractivity contribution in [1.82, 2.24) is 4.98 Å². The maximum Gasteiger partial charge on any atom is 0.430 e. The number of thiophene rings is 1. The summed E-state index contributed by atoms with van der Waals surface area (Å²) in [5.41, 5.74) is -5.67. The molecule has 0 saturated heterocycles. The summed E-state index contributed by atoms with van der Waals surface area (Å²) in [7, 11) is -1.69. The zero-order valence-corrected chi connectivity index (χ0v) is 23.5. The first-order valence-electron chi connectivity index (χ1n) is 11.6. The van der Waals surface area contributed by atoms with Crippen molar-refractivity contribution in [2.45, 2.75) is 43.5 Å². The van der Waals surface area contributed by atoms with E-state index in [-0.39, 0.29) is 11.3 Å². The van der Waals surface area contributed by atoms with Gasteiger partial charge in [-0.15, -0.1) is 11.3 Å². The van der Waals surface area contributed by atoms with Crippen molar-refractivity contribution in [1.29, 1.82) is 0 Å². The molecule has 2 aromatic carbocycles. The van der Waals surface area contributed by atoms with E-state index in [2.05, 4.69) is 9.38 Å². The first kappa shape index (κ1) is 30.2. The minimum Gasteiger partial charge on any atom is -0.369 e. The molecule has 0 radical (unpaired) electrons. The Hall–Kier alpha value is -2.80. The van der Waals surface area contributed by atoms with Gasteiger partial charge in [-0.05, 0) is 50.4 Å². The molecule has 4 aromatic rings. The van der Waals surface area contributed by atoms with Crippen molar-refractivity contribution >= 4 is 49.7 Å². The van der Waals surface area contributed by atoms with Gasteiger partial charge in [0, 0.05) is 27.6 Å². The number of benzene rings is 2. The smallest absolute Gasteiger partial charge is 0.369 e. The van der Waals surface area contributed by atoms with E-state index < -0.39 is 39.2 Å². The lowest BCUT2D eigenvalue weighted by atomic mass is 9.91. The molecular formula is C27H21ClF6N2O2S2. The van der Waals surface area contributed by atoms with Crippen LogP contribution in [0, 0.1) is 0 Å². The zero-order valence-electron chi connectivity index (χ0n) is 21.1. The second-order valence-corrected chi connectivity index (χ2v) is 13.1. The molecule has 1 N–H and O–H groups in total. The number of rotatable bonds is 5. The Labute approximate surface area is 237 Å². The Morgan fingerprint density at radius 2 is 1.60 bits per heavy atom. The van der Waals surface area contributed by atoms with E-state index in [4.69, 9.17) is 11.6 Å². The Balaban J connectivity index is 1.92. The van der Waals surface area contributed by atoms with Crippen LogP contribution in [-0.2, 0) is 16.6 Å². The highest BCUT2D eigenvalue weighted by atomic mass is 35.5. The highest BCUT2D eigenvalue weighted by Crippen LogP contribution is 2.50. The fourth-order valence-corrected chi connectivity index (χ4v) is 5.88. The molecule has 212 valence electrons. The van der Waals surface area contributed by atoms with Crippen molar-refractivity contribution < 1.29 is 35.7 Å². The summed E-state index contributed by atoms with van der Waals surface area (Å²) < 4.78 is 98.3. The monoisotopic (exact) mass is 618 g/mol. The first-order valence-corrected chi connectivity index (χ1v) is 13.9. The van der Waals surface area contributed by atoms with Gasteiger partial charge in [0.2, 0.25) is 0 Å². The van der Waals surface area contributed by atoms with Gasteiger partial charge in [0.25, 0.3) is 5.60 Å². The van der Waals surface area contributed by atoms with Gasteiger partial charge in [0.15, 0.2) is 0 Å². The Kier molecular flexibility index (Phi) is 7.96. The van der Waals surface area contributed by atoms with E-state index in [1.807, 2.05) is 0 Å². The highest BCUT2D eigenvalue weighted by molar-refractivity contribution is 7.85. The fourth-order valence-electron chi connectivity index (χ4n) is 3.77. The number of aliphatic hydroxyl groups is 1. The Morgan fingerprint density at radius 1 is 0.950 bits per heavy atom. The molecule has 40 heavy (non-hydrogen) atoms. The molecule has 2 heterocycles. The van der Waals surface area contributed by atoms with Crippen LogP contribution in [0.15, 0.2) is 71.3 Å². The summed E-state index contributed by atoms with van der Waals surface area (Å²) in [5.74, 6) is 0. The summed E-state index contributed by atoms with van der Waals surface area (Å²) >= 11 is 7.57. The molecule has 0 bridgehead atoms. The molecule has 4 nitrogen and oxygen atoms in total. The average Bonchev–Trinajstić information content (AvgIpc) is 3.29. The molecule has 1 atom stereocenters. The average molecular weight is 619 g/mol. The summed E-state index contributed by atoms with van der Waals surface area (Å²) in [5, 5.41) is 10.8. The van der Waals surface area contributed by atoms with Crippen LogP contribution in [0.5, 0.6) is 0 Å². The maximum absolute atomic E-state index is 13.5. The number of pyridine rings is 1. The van der Waals surface area contributed by atoms with Crippen molar-refractivity contribution in [2.24, 2.45) is 4.40 Å². The molecule has 0 aliphatic rings. The molecule has 0 amide bonds. The molecule has 0 fully saturated rings. The predicted molar refractivity (Wildman–Crippen MR) is 146 cm³/mol. The SMILES string of the molecule is CC(C)(C)S(=O)/N=C(/c1cc2cccc(-c3cc(C(O)(C(F)(F)F)C(F)(F)F)ccn3)c2s1)c1ccccc1Cl. The number of nitrogens with zero attached hydrogens (tertiary/aromatic N) is 2. The van der Waals surface area contributed by atoms with Crippen LogP contribution < -0.4 is 0 Å². The second kappa shape index (κ2) is 10.6. The van der Waals surface area contributed by atoms with Crippen LogP contribution in [0.3, 0.4) is 0 Å². The third-order valence-electron chi connectivity index (χ3n) is 5.88. The number of hydrogen-bond donors (Lipinski definition) is 1. The maximum atomic E-state index is 13.5. The van der Waals surface area contributed by atoms with Gasteiger partial charge in [-0.3, -0.25) is 4.98 Å². The number of halogens is 7. The van der Waals surface area contributed by atoms with E-state index in [0.29, 0.717) is 43.4 Å². The molecule has 0 spiro atoms. The molecule has 4 rings (SSSR count). The molecule has 13 heteroatoms. The van der Waals surface area contributed by atoms with Crippen LogP contribution >= 0.6 is 22.9 Å². The Morgan fingerprint density at radius 3 is 2.20 bits per heavy atom. The molecule has 0 aliphatic heterocycles. The summed E-state index contributed by atoms with van der Waals surface area (Å²) in [6.07, 6.45) is -11.3. The van der Waals surface area contributed by atoms with Gasteiger partial charge in [-0.2, -0.15) is 30.7 Å². The molecule has 0 saturated carbocycles. The normalized spacial score (nSPS) is 14.5. The second-order valence-electron chi connectivity index (χ2n) is 9.75. The van der Waals surface area contributed by atoms with E-state index >= 15 is 0 Å². The molecule has 2 aromatic heterocycles. The van der Waals surface area contributed by atoms with E-state index in [9.17, 15) is 35.7 Å². The van der Waals surface area contributed by atoms with Crippen LogP contribution in [0.1, 0.15) is 36.8 Å². The topological polar surface area (TPSA) is 62.5 Å². The lowest BCUT2D eigenvalue weighted by Gasteiger charge is -2.32. The van der Waals surface area contributed by atoms with Crippen LogP contribution in [-0.4, -0.2) is 37.1 Å². The standard InChI is InChI=1S/C27H21ClF6N2O2S2/c1-24(2,3)40(38)36-22(17-8-4-5-10-19(17)28)21-13-15-7-6-9-18(23(15)39-21)20-14-16(11-12-35-20)25(37,26(29,30)31)27(32,33)34/h4-14,37H,1-3H3/b36-22+. The van der Waals surface area contributed by atoms with Crippen molar-refractivity contribution in [3.8, 4) is 11.3 Å². The van der Waals surface area contributed by atoms with E-state index in [1.54, 1.807) is 63.2 Å². The van der Waals surface area contributed by atoms with Gasteiger partial charge in [-0.1, -0.05) is 48.0 Å². The number of hydrogen-bond acceptors (Lipinski definition) is 4. The number of fused-ring (bicyclic) bond motifs is 1. The van der Waals surface area contributed by atoms with Gasteiger partial charge in [0.05, 0.1) is 26.1 Å². The van der Waals surface area contributed by atoms with Gasteiger partial charge in [0.1, 0.15) is 11.0 Å². The van der Waals surface area contributed by atoms with Crippen molar-refractivity contribution in [3.63, 3.8) is 0 Å². The third-order valence-corrected chi connectivity index (χ3v) is 8.80. The first-order chi connectivity index (χ1) is 18.4. The highest BCUT2D eigenvalue weighted by Gasteiger charge is 2.71. The van der Waals surface area contributed by atoms with Crippen molar-refractivity contribution in [2.75, 3.05) is 0 Å². The molecule has 0 aliphatic carbocycles. The minimum absolute atomic E-state index is 0.210. The van der Waals surface area contributed by atoms with Gasteiger partial charge in [-0.25, -0.2) is 4.21 Å². The van der Waals surface area contributed by atoms with E-state index in [1.165, 1.54) is 6.07 Å². The minimum atomic E-state index is -6.03. The Bertz CT molecular complexity index is 1610. The van der Waals surface area contributed by atoms with Crippen LogP contribution in [0.2, 0.25) is 5.02 Å². The van der Waals surface area contributed by atoms with E-state index in [0.717, 1.165) is 17.5 Å². The lowest BCUT2D eigenvalue weighted by molar-refractivity contribution is -0.376. The number of aromatic nitrogens is 1. The summed E-state index contributed by atoms with van der Waals surface area (Å²) in [4.78, 5) is 4.53. The van der Waals surface area contributed by atoms with Gasteiger partial charge < -0.3 is 5.11 Å². The van der Waals surface area contributed by atoms with Crippen LogP contribution in [0.25, 0.3) is 21.3 Å². The van der Waals surface area contributed by atoms with Crippen molar-refractivity contribution in [3.05, 3.63) is 87.9 Å². The quantitative estimate of drug-likeness (QED) is 0.181. The summed E-state index contributed by atoms with van der Waals surface area (Å²) in [6.45, 7) is 5.25. The van der Waals surface area contributed by atoms with Gasteiger partial charge >= 0.3 is 12.4 Å². The predicted octanol–water partition coefficient (Wildman–Crippen LogP) is 8.23.